The lowest BCUT2D eigenvalue weighted by molar-refractivity contribution is -0.191. The predicted molar refractivity (Wildman–Crippen MR) is 164 cm³/mol. The van der Waals surface area contributed by atoms with Gasteiger partial charge in [-0.05, 0) is 74.2 Å². The van der Waals surface area contributed by atoms with Crippen molar-refractivity contribution in [2.45, 2.75) is 44.7 Å². The van der Waals surface area contributed by atoms with Crippen LogP contribution in [-0.2, 0) is 34.1 Å². The number of furan rings is 1. The molecule has 0 N–H and O–H groups in total. The number of anilines is 1. The van der Waals surface area contributed by atoms with E-state index < -0.39 is 23.4 Å². The number of esters is 2. The van der Waals surface area contributed by atoms with Crippen LogP contribution in [-0.4, -0.2) is 74.9 Å². The van der Waals surface area contributed by atoms with E-state index in [1.54, 1.807) is 24.8 Å². The first-order valence-corrected chi connectivity index (χ1v) is 14.7. The first-order chi connectivity index (χ1) is 22.5. The minimum absolute atomic E-state index is 0.0864. The van der Waals surface area contributed by atoms with Crippen molar-refractivity contribution in [1.82, 2.24) is 4.90 Å². The van der Waals surface area contributed by atoms with E-state index in [1.807, 2.05) is 49.2 Å². The molecule has 1 fully saturated rings. The lowest BCUT2D eigenvalue weighted by atomic mass is 9.69. The summed E-state index contributed by atoms with van der Waals surface area (Å²) in [6, 6.07) is 12.5. The van der Waals surface area contributed by atoms with Crippen LogP contribution in [0.1, 0.15) is 40.8 Å². The quantitative estimate of drug-likeness (QED) is 0.383. The van der Waals surface area contributed by atoms with Crippen LogP contribution in [0.25, 0.3) is 11.1 Å². The Labute approximate surface area is 269 Å². The maximum Gasteiger partial charge on any atom is 0.373 e. The third-order valence-electron chi connectivity index (χ3n) is 9.12. The number of carbonyl (C=O) groups excluding carboxylic acids is 5. The van der Waals surface area contributed by atoms with Crippen LogP contribution < -0.4 is 14.4 Å². The Morgan fingerprint density at radius 2 is 1.62 bits per heavy atom. The third kappa shape index (κ3) is 4.61. The van der Waals surface area contributed by atoms with Crippen LogP contribution in [0.15, 0.2) is 63.1 Å². The summed E-state index contributed by atoms with van der Waals surface area (Å²) in [6.45, 7) is 5.64. The number of methoxy groups -OCH3 is 2. The Balaban J connectivity index is 0.00000124. The second-order valence-corrected chi connectivity index (χ2v) is 11.6. The third-order valence-corrected chi connectivity index (χ3v) is 9.12. The summed E-state index contributed by atoms with van der Waals surface area (Å²) in [5.41, 5.74) is 2.89. The number of likely N-dealkylation sites (tertiary alicyclic amines) is 1. The van der Waals surface area contributed by atoms with E-state index in [0.717, 1.165) is 22.4 Å². The first-order valence-electron chi connectivity index (χ1n) is 14.7. The molecule has 13 nitrogen and oxygen atoms in total. The lowest BCUT2D eigenvalue weighted by Gasteiger charge is -2.39. The van der Waals surface area contributed by atoms with E-state index in [4.69, 9.17) is 37.9 Å². The molecular formula is C34H31N3O10. The number of amides is 1. The predicted octanol–water partition coefficient (Wildman–Crippen LogP) is 3.71. The van der Waals surface area contributed by atoms with E-state index in [-0.39, 0.29) is 36.2 Å². The summed E-state index contributed by atoms with van der Waals surface area (Å²) >= 11 is 0. The minimum atomic E-state index is -0.973. The highest BCUT2D eigenvalue weighted by molar-refractivity contribution is 6.18. The highest BCUT2D eigenvalue weighted by atomic mass is 16.7. The number of nitrogens with zero attached hydrogens (tertiary/aromatic N) is 3. The molecule has 5 heterocycles. The summed E-state index contributed by atoms with van der Waals surface area (Å²) in [4.78, 5) is 65.6. The standard InChI is InChI=1S/C33H31N3O8.CO2/c1-16-14-33-22-12-19(20-8-10-24-25(13-20)43-15-42-24)7-9-23(22)35(4)28(33)26(30(38)40-5)27(31(39)41-6)34-32(33)36(16)29(37)21-11-17(2)44-18(21)3;2-1-3/h7-13,16,28H,14-15H2,1-6H3;/t16-,28?,33+;/m1./s1. The summed E-state index contributed by atoms with van der Waals surface area (Å²) in [5.74, 6) is 1.04. The fraction of sp³-hybridized carbons (Fsp3) is 0.324. The van der Waals surface area contributed by atoms with Gasteiger partial charge in [-0.3, -0.25) is 9.69 Å². The van der Waals surface area contributed by atoms with Gasteiger partial charge in [0.05, 0.1) is 36.8 Å². The monoisotopic (exact) mass is 641 g/mol. The van der Waals surface area contributed by atoms with Crippen LogP contribution in [0.2, 0.25) is 0 Å². The Morgan fingerprint density at radius 3 is 2.28 bits per heavy atom. The van der Waals surface area contributed by atoms with Gasteiger partial charge in [-0.15, -0.1) is 0 Å². The number of aliphatic imine (C=N–C) groups is 1. The van der Waals surface area contributed by atoms with Crippen LogP contribution in [0.3, 0.4) is 0 Å². The van der Waals surface area contributed by atoms with Crippen LogP contribution in [0.4, 0.5) is 5.69 Å². The molecule has 0 saturated carbocycles. The number of hydrogen-bond acceptors (Lipinski definition) is 12. The number of fused-ring (bicyclic) bond motifs is 2. The average Bonchev–Trinajstić information content (AvgIpc) is 3.80. The summed E-state index contributed by atoms with van der Waals surface area (Å²) in [5, 5.41) is 0. The van der Waals surface area contributed by atoms with Crippen molar-refractivity contribution in [3.8, 4) is 22.6 Å². The van der Waals surface area contributed by atoms with Crippen LogP contribution in [0, 0.1) is 13.8 Å². The molecule has 1 amide bonds. The van der Waals surface area contributed by atoms with Crippen molar-refractivity contribution in [3.63, 3.8) is 0 Å². The molecule has 242 valence electrons. The second kappa shape index (κ2) is 11.6. The highest BCUT2D eigenvalue weighted by Gasteiger charge is 2.65. The minimum Gasteiger partial charge on any atom is -0.466 e. The number of amidine groups is 1. The molecule has 1 saturated heterocycles. The molecule has 13 heteroatoms. The van der Waals surface area contributed by atoms with Crippen molar-refractivity contribution >= 4 is 35.5 Å². The molecule has 1 aromatic heterocycles. The zero-order valence-corrected chi connectivity index (χ0v) is 26.5. The topological polar surface area (TPSA) is 154 Å². The number of benzene rings is 2. The number of aryl methyl sites for hydroxylation is 2. The van der Waals surface area contributed by atoms with Gasteiger partial charge in [0.25, 0.3) is 5.91 Å². The zero-order chi connectivity index (χ0) is 33.8. The second-order valence-electron chi connectivity index (χ2n) is 11.6. The molecule has 0 radical (unpaired) electrons. The molecule has 7 rings (SSSR count). The maximum atomic E-state index is 14.3. The normalized spacial score (nSPS) is 21.5. The molecule has 1 unspecified atom stereocenters. The van der Waals surface area contributed by atoms with Gasteiger partial charge in [-0.2, -0.15) is 9.59 Å². The zero-order valence-electron chi connectivity index (χ0n) is 26.5. The van der Waals surface area contributed by atoms with Gasteiger partial charge < -0.3 is 28.3 Å². The molecule has 0 bridgehead atoms. The van der Waals surface area contributed by atoms with E-state index in [1.165, 1.54) is 14.2 Å². The van der Waals surface area contributed by atoms with Crippen LogP contribution in [0.5, 0.6) is 11.5 Å². The molecule has 4 aliphatic rings. The number of rotatable bonds is 4. The van der Waals surface area contributed by atoms with E-state index in [9.17, 15) is 14.4 Å². The molecule has 4 aliphatic heterocycles. The molecule has 3 aromatic rings. The number of hydrogen-bond donors (Lipinski definition) is 0. The van der Waals surface area contributed by atoms with Gasteiger partial charge in [-0.25, -0.2) is 14.6 Å². The lowest BCUT2D eigenvalue weighted by Crippen LogP contribution is -2.55. The van der Waals surface area contributed by atoms with E-state index in [2.05, 4.69) is 6.07 Å². The average molecular weight is 642 g/mol. The summed E-state index contributed by atoms with van der Waals surface area (Å²) < 4.78 is 27.1. The molecule has 1 spiro atoms. The molecular weight excluding hydrogens is 610 g/mol. The van der Waals surface area contributed by atoms with Gasteiger partial charge in [0.1, 0.15) is 17.4 Å². The fourth-order valence-electron chi connectivity index (χ4n) is 7.34. The largest absolute Gasteiger partial charge is 0.466 e. The number of likely N-dealkylation sites (N-methyl/N-ethyl adjacent to an activating group) is 1. The molecule has 2 aromatic carbocycles. The van der Waals surface area contributed by atoms with Crippen molar-refractivity contribution in [2.75, 3.05) is 33.0 Å². The van der Waals surface area contributed by atoms with Crippen molar-refractivity contribution in [1.29, 1.82) is 0 Å². The SMILES string of the molecule is COC(=O)C1=C(C(=O)OC)C2N(C)c3ccc(-c4ccc5c(c4)OCO5)cc3[C@@]23C[C@@H](C)N(C(=O)c2cc(C)oc2C)C3=N1.O=C=O. The summed E-state index contributed by atoms with van der Waals surface area (Å²) in [6.07, 6.45) is 0.689. The Bertz CT molecular complexity index is 1940. The maximum absolute atomic E-state index is 14.3. The van der Waals surface area contributed by atoms with Crippen LogP contribution >= 0.6 is 0 Å². The Kier molecular flexibility index (Phi) is 7.72. The van der Waals surface area contributed by atoms with E-state index >= 15 is 0 Å². The van der Waals surface area contributed by atoms with Crippen molar-refractivity contribution < 1.29 is 47.3 Å². The van der Waals surface area contributed by atoms with Gasteiger partial charge in [-0.1, -0.05) is 12.1 Å². The molecule has 3 atom stereocenters. The smallest absolute Gasteiger partial charge is 0.373 e. The Morgan fingerprint density at radius 1 is 0.957 bits per heavy atom. The number of ether oxygens (including phenoxy) is 4. The fourth-order valence-corrected chi connectivity index (χ4v) is 7.34. The summed E-state index contributed by atoms with van der Waals surface area (Å²) in [7, 11) is 4.37. The highest BCUT2D eigenvalue weighted by Crippen LogP contribution is 2.58. The van der Waals surface area contributed by atoms with Gasteiger partial charge in [0.15, 0.2) is 17.2 Å². The van der Waals surface area contributed by atoms with Gasteiger partial charge >= 0.3 is 18.1 Å². The van der Waals surface area contributed by atoms with Gasteiger partial charge in [0, 0.05) is 18.8 Å². The molecule has 0 aliphatic carbocycles. The number of carbonyl (C=O) groups is 3. The van der Waals surface area contributed by atoms with Gasteiger partial charge in [0.2, 0.25) is 6.79 Å². The Hall–Kier alpha value is -5.68. The van der Waals surface area contributed by atoms with Crippen molar-refractivity contribution in [2.24, 2.45) is 4.99 Å². The van der Waals surface area contributed by atoms with Crippen molar-refractivity contribution in [3.05, 3.63) is 76.4 Å². The first kappa shape index (κ1) is 31.3. The molecule has 47 heavy (non-hydrogen) atoms. The van der Waals surface area contributed by atoms with E-state index in [0.29, 0.717) is 40.8 Å².